The first kappa shape index (κ1) is 18.2. The fourth-order valence-electron chi connectivity index (χ4n) is 3.21. The van der Waals surface area contributed by atoms with E-state index in [9.17, 15) is 4.79 Å². The molecule has 0 fully saturated rings. The van der Waals surface area contributed by atoms with Gasteiger partial charge in [0.15, 0.2) is 6.29 Å². The van der Waals surface area contributed by atoms with Gasteiger partial charge in [0.25, 0.3) is 0 Å². The number of unbranched alkanes of at least 4 members (excludes halogenated alkanes) is 2. The summed E-state index contributed by atoms with van der Waals surface area (Å²) in [6.45, 7) is 3.30. The minimum atomic E-state index is -0.246. The van der Waals surface area contributed by atoms with Crippen LogP contribution in [-0.2, 0) is 11.3 Å². The van der Waals surface area contributed by atoms with Crippen LogP contribution in [0.2, 0.25) is 0 Å². The average molecular weight is 387 g/mol. The van der Waals surface area contributed by atoms with Crippen LogP contribution in [0.15, 0.2) is 33.0 Å². The zero-order valence-corrected chi connectivity index (χ0v) is 16.1. The highest BCUT2D eigenvalue weighted by molar-refractivity contribution is 7.13. The predicted molar refractivity (Wildman–Crippen MR) is 104 cm³/mol. The molecular weight excluding hydrogens is 364 g/mol. The van der Waals surface area contributed by atoms with Crippen LogP contribution in [-0.4, -0.2) is 17.8 Å². The summed E-state index contributed by atoms with van der Waals surface area (Å²) in [5, 5.41) is 3.13. The highest BCUT2D eigenvalue weighted by Crippen LogP contribution is 2.32. The van der Waals surface area contributed by atoms with E-state index in [0.29, 0.717) is 28.1 Å². The van der Waals surface area contributed by atoms with Crippen LogP contribution < -0.4 is 15.9 Å². The van der Waals surface area contributed by atoms with Gasteiger partial charge < -0.3 is 19.6 Å². The molecule has 27 heavy (non-hydrogen) atoms. The Morgan fingerprint density at radius 1 is 1.30 bits per heavy atom. The van der Waals surface area contributed by atoms with Crippen LogP contribution in [0.25, 0.3) is 21.5 Å². The number of nitrogens with zero attached hydrogens (tertiary/aromatic N) is 1. The van der Waals surface area contributed by atoms with Gasteiger partial charge >= 0.3 is 0 Å². The van der Waals surface area contributed by atoms with Gasteiger partial charge in [-0.2, -0.15) is 0 Å². The maximum absolute atomic E-state index is 12.9. The number of aryl methyl sites for hydroxylation is 1. The molecule has 1 atom stereocenters. The Morgan fingerprint density at radius 2 is 2.19 bits per heavy atom. The lowest BCUT2D eigenvalue weighted by atomic mass is 10.1. The van der Waals surface area contributed by atoms with Crippen molar-refractivity contribution >= 4 is 22.3 Å². The number of quaternary nitrogens is 1. The van der Waals surface area contributed by atoms with Crippen LogP contribution in [0.5, 0.6) is 5.75 Å². The smallest absolute Gasteiger partial charge is 0.202 e. The Kier molecular flexibility index (Phi) is 5.24. The van der Waals surface area contributed by atoms with Gasteiger partial charge in [-0.25, -0.2) is 4.98 Å². The number of fused-ring (bicyclic) bond motifs is 2. The lowest BCUT2D eigenvalue weighted by Crippen LogP contribution is -2.50. The first-order chi connectivity index (χ1) is 13.2. The topological polar surface area (TPSA) is 89.2 Å². The van der Waals surface area contributed by atoms with Crippen LogP contribution in [0.4, 0.5) is 0 Å². The standard InChI is InChI=1S/C20H22N2O4S/c1-12-11-27-20(22-12)15-10-24-17-8-16-13(7-14(17)19(15)23)9-25-18(26-16)5-3-2-4-6-21/h7-8,10-11,18H,2-6,9,21H2,1H3/p+1/t18-/m0/s1. The number of hydrogen-bond acceptors (Lipinski definition) is 6. The number of aromatic nitrogens is 1. The Balaban J connectivity index is 1.60. The summed E-state index contributed by atoms with van der Waals surface area (Å²) in [7, 11) is 0. The number of benzene rings is 1. The van der Waals surface area contributed by atoms with Crippen LogP contribution >= 0.6 is 11.3 Å². The number of ether oxygens (including phenoxy) is 2. The molecule has 142 valence electrons. The quantitative estimate of drug-likeness (QED) is 0.656. The third-order valence-electron chi connectivity index (χ3n) is 4.68. The fourth-order valence-corrected chi connectivity index (χ4v) is 4.01. The molecule has 1 aliphatic rings. The number of rotatable bonds is 6. The van der Waals surface area contributed by atoms with Crippen molar-refractivity contribution < 1.29 is 19.6 Å². The zero-order valence-electron chi connectivity index (χ0n) is 15.3. The SMILES string of the molecule is Cc1csc(-c2coc3cc4c(cc3c2=O)CO[C@H](CCCCC[NH3+])O4)n1. The van der Waals surface area contributed by atoms with Crippen LogP contribution in [0, 0.1) is 6.92 Å². The normalized spacial score (nSPS) is 16.3. The summed E-state index contributed by atoms with van der Waals surface area (Å²) >= 11 is 1.44. The molecule has 0 saturated carbocycles. The van der Waals surface area contributed by atoms with Gasteiger partial charge in [-0.05, 0) is 32.3 Å². The second-order valence-electron chi connectivity index (χ2n) is 6.79. The highest BCUT2D eigenvalue weighted by Gasteiger charge is 2.22. The molecule has 0 radical (unpaired) electrons. The molecule has 0 aliphatic carbocycles. The molecule has 0 unspecified atom stereocenters. The summed E-state index contributed by atoms with van der Waals surface area (Å²) in [6, 6.07) is 3.62. The summed E-state index contributed by atoms with van der Waals surface area (Å²) in [5.41, 5.74) is 6.55. The van der Waals surface area contributed by atoms with Crippen molar-refractivity contribution in [2.45, 2.75) is 45.5 Å². The zero-order chi connectivity index (χ0) is 18.8. The largest absolute Gasteiger partial charge is 0.464 e. The molecule has 0 bridgehead atoms. The summed E-state index contributed by atoms with van der Waals surface area (Å²) in [6.07, 6.45) is 5.40. The van der Waals surface area contributed by atoms with Crippen molar-refractivity contribution in [2.24, 2.45) is 0 Å². The van der Waals surface area contributed by atoms with E-state index in [0.717, 1.165) is 49.2 Å². The van der Waals surface area contributed by atoms with E-state index in [1.165, 1.54) is 17.6 Å². The minimum absolute atomic E-state index is 0.0799. The Labute approximate surface area is 160 Å². The van der Waals surface area contributed by atoms with Gasteiger partial charge in [-0.15, -0.1) is 11.3 Å². The highest BCUT2D eigenvalue weighted by atomic mass is 32.1. The van der Waals surface area contributed by atoms with E-state index in [1.807, 2.05) is 18.4 Å². The van der Waals surface area contributed by atoms with Gasteiger partial charge in [-0.1, -0.05) is 0 Å². The number of hydrogen-bond donors (Lipinski definition) is 1. The molecule has 1 aromatic carbocycles. The molecule has 1 aliphatic heterocycles. The maximum atomic E-state index is 12.9. The fraction of sp³-hybridized carbons (Fsp3) is 0.400. The lowest BCUT2D eigenvalue weighted by molar-refractivity contribution is -0.368. The summed E-state index contributed by atoms with van der Waals surface area (Å²) in [4.78, 5) is 17.3. The summed E-state index contributed by atoms with van der Waals surface area (Å²) in [5.74, 6) is 0.733. The first-order valence-electron chi connectivity index (χ1n) is 9.24. The minimum Gasteiger partial charge on any atom is -0.464 e. The van der Waals surface area contributed by atoms with Crippen molar-refractivity contribution in [3.05, 3.63) is 45.3 Å². The molecule has 2 aromatic heterocycles. The average Bonchev–Trinajstić information content (AvgIpc) is 3.10. The second kappa shape index (κ2) is 7.80. The Bertz CT molecular complexity index is 1010. The molecule has 0 amide bonds. The second-order valence-corrected chi connectivity index (χ2v) is 7.65. The van der Waals surface area contributed by atoms with E-state index < -0.39 is 0 Å². The van der Waals surface area contributed by atoms with Gasteiger partial charge in [0.2, 0.25) is 5.43 Å². The van der Waals surface area contributed by atoms with Crippen LogP contribution in [0.1, 0.15) is 36.9 Å². The van der Waals surface area contributed by atoms with E-state index >= 15 is 0 Å². The van der Waals surface area contributed by atoms with Gasteiger partial charge in [0, 0.05) is 29.1 Å². The van der Waals surface area contributed by atoms with Crippen molar-refractivity contribution in [3.63, 3.8) is 0 Å². The van der Waals surface area contributed by atoms with E-state index in [-0.39, 0.29) is 11.7 Å². The van der Waals surface area contributed by atoms with E-state index in [4.69, 9.17) is 13.9 Å². The first-order valence-corrected chi connectivity index (χ1v) is 10.1. The monoisotopic (exact) mass is 387 g/mol. The van der Waals surface area contributed by atoms with Crippen molar-refractivity contribution in [2.75, 3.05) is 6.54 Å². The Hall–Kier alpha value is -2.22. The molecule has 3 heterocycles. The van der Waals surface area contributed by atoms with Gasteiger partial charge in [0.05, 0.1) is 24.1 Å². The molecule has 6 nitrogen and oxygen atoms in total. The molecular formula is C20H23N2O4S+. The van der Waals surface area contributed by atoms with E-state index in [2.05, 4.69) is 10.7 Å². The molecule has 0 spiro atoms. The molecule has 7 heteroatoms. The van der Waals surface area contributed by atoms with Crippen LogP contribution in [0.3, 0.4) is 0 Å². The van der Waals surface area contributed by atoms with Gasteiger partial charge in [0.1, 0.15) is 22.6 Å². The number of thiazole rings is 1. The maximum Gasteiger partial charge on any atom is 0.202 e. The van der Waals surface area contributed by atoms with Crippen molar-refractivity contribution in [1.29, 1.82) is 0 Å². The predicted octanol–water partition coefficient (Wildman–Crippen LogP) is 3.26. The van der Waals surface area contributed by atoms with Crippen molar-refractivity contribution in [1.82, 2.24) is 4.98 Å². The molecule has 3 N–H and O–H groups in total. The third kappa shape index (κ3) is 3.76. The summed E-state index contributed by atoms with van der Waals surface area (Å²) < 4.78 is 17.5. The molecule has 4 rings (SSSR count). The Morgan fingerprint density at radius 3 is 2.96 bits per heavy atom. The van der Waals surface area contributed by atoms with E-state index in [1.54, 1.807) is 6.07 Å². The lowest BCUT2D eigenvalue weighted by Gasteiger charge is -2.26. The molecule has 3 aromatic rings. The third-order valence-corrected chi connectivity index (χ3v) is 5.67. The molecule has 0 saturated heterocycles. The van der Waals surface area contributed by atoms with Gasteiger partial charge in [-0.3, -0.25) is 4.79 Å². The van der Waals surface area contributed by atoms with Crippen molar-refractivity contribution in [3.8, 4) is 16.3 Å².